The maximum Gasteiger partial charge on any atom is 1.00 e. The maximum absolute atomic E-state index is 12.9. The van der Waals surface area contributed by atoms with Crippen LogP contribution in [0.3, 0.4) is 0 Å². The van der Waals surface area contributed by atoms with Gasteiger partial charge in [0.15, 0.2) is 0 Å². The zero-order chi connectivity index (χ0) is 109. The first-order valence-corrected chi connectivity index (χ1v) is 62.7. The summed E-state index contributed by atoms with van der Waals surface area (Å²) in [5, 5.41) is 1.98. The third-order valence-corrected chi connectivity index (χ3v) is 33.5. The van der Waals surface area contributed by atoms with Crippen LogP contribution in [0.15, 0.2) is 229 Å². The Bertz CT molecular complexity index is 5940. The Morgan fingerprint density at radius 1 is 0.356 bits per heavy atom. The summed E-state index contributed by atoms with van der Waals surface area (Å²) in [6.07, 6.45) is 16.7. The monoisotopic (exact) mass is 2200 g/mol. The molecule has 4 heterocycles. The second kappa shape index (κ2) is 62.0. The van der Waals surface area contributed by atoms with Gasteiger partial charge in [0.2, 0.25) is 0 Å². The molecule has 4 nitrogen and oxygen atoms in total. The molecular weight excluding hydrogens is 2020 g/mol. The molecule has 0 saturated carbocycles. The number of hydrogen-bond acceptors (Lipinski definition) is 4. The molecule has 0 spiro atoms. The van der Waals surface area contributed by atoms with Crippen molar-refractivity contribution in [3.8, 4) is 66.8 Å². The zero-order valence-electron chi connectivity index (χ0n) is 99.8. The van der Waals surface area contributed by atoms with E-state index in [-0.39, 0.29) is 53.9 Å². The second-order valence-corrected chi connectivity index (χ2v) is 54.9. The Labute approximate surface area is 959 Å². The standard InChI is InChI=1S/C40H58NP.C32H40N.C21H27Br.C21H27.C11H14FN.C11H13N.CH4IP.CH4.2Li/c1-27(2)32-26-33(28(3)4)37(35(29(5)6)36(32)30-20-15-13-16-21-30)31-22-19-23-34(41-24-17-14-18-25-41)38(31)42(39(7,8)9)40(10,11)12;1-22(2)28-21-29(23(3)4)32(30(24(5)6)31(28)25-14-9-7-10-15-25)26-16-13-17-27(20-26)33-18-11-8-12-19-33;1-13(2)17-12-18(14(3)4)21(22)19(15(5)6)20(17)16-10-8-7-9-11-16;1-14(2)18-12-19(15(3)4)21(20(13-18)16(5)6)17-10-8-7-9-11-17;12-10-5-4-6-11(9-10)13-7-2-1-3-8-13;1-3-7-11(8-4-1)12-9-5-2-6-10-12;1-3-2;;;/h13,15-16,19-23,26-29H,14,17-18,24-25H2,1-12H3;7,9-10,13-17,21-24H,8,11-12,18-19H2,1-6H3;7-15H,1-6H3;7-12,14-16H,1-6H3;4-6,9H,1-3,7-8H2;1,3,7H,2,5-6,9-10H2;3H,1H3;1H4;;/q;-1;;-1;;;;;2*+1/i;;;;;;;1T;;. The number of halogens is 3. The molecule has 12 aromatic carbocycles. The van der Waals surface area contributed by atoms with Gasteiger partial charge in [-0.2, -0.15) is 23.3 Å². The summed E-state index contributed by atoms with van der Waals surface area (Å²) >= 11 is 6.23. The summed E-state index contributed by atoms with van der Waals surface area (Å²) in [6, 6.07) is 94.4. The summed E-state index contributed by atoms with van der Waals surface area (Å²) in [4.78, 5) is 9.91. The van der Waals surface area contributed by atoms with Gasteiger partial charge in [-0.25, -0.2) is 4.39 Å². The van der Waals surface area contributed by atoms with Crippen LogP contribution in [0.5, 0.6) is 0 Å². The van der Waals surface area contributed by atoms with E-state index in [0.29, 0.717) is 71.0 Å². The molecule has 0 aromatic heterocycles. The SMILES string of the molecule is CC(C)c1[c-]c(C(C)C)c(-c2ccccc2)c(C(C)C)c1.CC(C)c1cc(C(C)C)c(-c2cccc(N3CCCCC3)c2P(C(C)(C)C)C(C)(C)C)c(C(C)C)c1-c1ccccc1.CC(C)c1cc(C(C)C)c(-c2ccccc2)c(C(C)C)c1-c1[c-]c(N2CCCCC2)ccc1.CC(C)c1cc(C(C)C)c(-c2ccccc2)c(C(C)C)c1Br.CPI.Fc1cccc(N2CCCCC2)c1.[3H]C.[Li+].[Li+].c1cccc(N2CCCCC2)c#1. The zero-order valence-corrected chi connectivity index (χ0v) is 104. The quantitative estimate of drug-likeness (QED) is 0.0274. The number of anilines is 4. The van der Waals surface area contributed by atoms with Crippen molar-refractivity contribution in [1.29, 1.82) is 0 Å². The van der Waals surface area contributed by atoms with Gasteiger partial charge in [-0.15, -0.1) is 41.0 Å². The van der Waals surface area contributed by atoms with Gasteiger partial charge in [0.25, 0.3) is 0 Å². The van der Waals surface area contributed by atoms with E-state index in [1.54, 1.807) is 17.4 Å². The molecule has 1 atom stereocenters. The van der Waals surface area contributed by atoms with Gasteiger partial charge in [0, 0.05) is 74.9 Å². The van der Waals surface area contributed by atoms with Crippen molar-refractivity contribution in [3.63, 3.8) is 0 Å². The van der Waals surface area contributed by atoms with Crippen LogP contribution in [-0.4, -0.2) is 69.3 Å². The molecule has 0 N–H and O–H groups in total. The topological polar surface area (TPSA) is 13.0 Å². The van der Waals surface area contributed by atoms with E-state index in [4.69, 9.17) is 1.37 Å². The van der Waals surface area contributed by atoms with E-state index >= 15 is 0 Å². The number of hydrogen-bond donors (Lipinski definition) is 0. The van der Waals surface area contributed by atoms with Gasteiger partial charge in [-0.3, -0.25) is 0 Å². The van der Waals surface area contributed by atoms with E-state index in [1.807, 2.05) is 18.2 Å². The third kappa shape index (κ3) is 34.9. The average Bonchev–Trinajstić information content (AvgIpc) is 0.735. The normalized spacial score (nSPS) is 14.0. The van der Waals surface area contributed by atoms with Crippen LogP contribution in [-0.2, 0) is 0 Å². The van der Waals surface area contributed by atoms with Crippen molar-refractivity contribution in [2.45, 2.75) is 373 Å². The number of piperidine rings is 4. The molecule has 0 bridgehead atoms. The van der Waals surface area contributed by atoms with Gasteiger partial charge in [0.05, 0.1) is 5.69 Å². The molecule has 11 heteroatoms. The molecule has 0 aliphatic carbocycles. The van der Waals surface area contributed by atoms with Gasteiger partial charge < -0.3 is 19.6 Å². The van der Waals surface area contributed by atoms with Gasteiger partial charge >= 0.3 is 37.7 Å². The van der Waals surface area contributed by atoms with E-state index in [9.17, 15) is 4.39 Å². The Morgan fingerprint density at radius 2 is 0.711 bits per heavy atom. The molecule has 4 fully saturated rings. The van der Waals surface area contributed by atoms with E-state index in [2.05, 4.69) is 484 Å². The Hall–Kier alpha value is -7.15. The van der Waals surface area contributed by atoms with Crippen molar-refractivity contribution in [3.05, 3.63) is 326 Å². The molecule has 792 valence electrons. The van der Waals surface area contributed by atoms with Crippen LogP contribution in [0, 0.1) is 30.1 Å². The van der Waals surface area contributed by atoms with Crippen LogP contribution in [0.25, 0.3) is 66.8 Å². The van der Waals surface area contributed by atoms with E-state index in [1.165, 1.54) is 272 Å². The molecule has 0 amide bonds. The van der Waals surface area contributed by atoms with Gasteiger partial charge in [0.1, 0.15) is 5.82 Å². The van der Waals surface area contributed by atoms with Crippen molar-refractivity contribution in [2.24, 2.45) is 0 Å². The molecule has 4 aliphatic heterocycles. The van der Waals surface area contributed by atoms with Crippen LogP contribution >= 0.6 is 52.1 Å². The van der Waals surface area contributed by atoms with Crippen molar-refractivity contribution in [2.75, 3.05) is 78.6 Å². The predicted octanol–water partition coefficient (Wildman–Crippen LogP) is 36.7. The van der Waals surface area contributed by atoms with Crippen LogP contribution < -0.4 is 62.6 Å². The Kier molecular flexibility index (Phi) is 52.8. The molecule has 1 unspecified atom stereocenters. The molecule has 0 radical (unpaired) electrons. The summed E-state index contributed by atoms with van der Waals surface area (Å²) in [6.45, 7) is 82.0. The molecule has 12 aromatic rings. The fraction of sp³-hybridized carbons (Fsp3) is 0.478. The summed E-state index contributed by atoms with van der Waals surface area (Å²) in [5.74, 6) is 5.51. The first kappa shape index (κ1) is 127. The molecule has 149 heavy (non-hydrogen) atoms. The largest absolute Gasteiger partial charge is 1.00 e. The van der Waals surface area contributed by atoms with Gasteiger partial charge in [-0.05, 0) is 297 Å². The minimum atomic E-state index is -0.517. The van der Waals surface area contributed by atoms with Crippen LogP contribution in [0.4, 0.5) is 27.1 Å². The Morgan fingerprint density at radius 3 is 1.09 bits per heavy atom. The Balaban J connectivity index is 0.000000252. The molecule has 16 rings (SSSR count). The smallest absolute Gasteiger partial charge is 0.388 e. The summed E-state index contributed by atoms with van der Waals surface area (Å²) in [7, 11) is 0.733. The van der Waals surface area contributed by atoms with Crippen LogP contribution in [0.1, 0.15) is 431 Å². The maximum atomic E-state index is 12.9. The van der Waals surface area contributed by atoms with Crippen molar-refractivity contribution in [1.82, 2.24) is 0 Å². The van der Waals surface area contributed by atoms with E-state index < -0.39 is 7.92 Å². The van der Waals surface area contributed by atoms with Gasteiger partial charge in [-0.1, -0.05) is 459 Å². The molecule has 4 aliphatic rings. The number of nitrogens with zero attached hydrogens (tertiary/aromatic N) is 4. The summed E-state index contributed by atoms with van der Waals surface area (Å²) in [5.41, 5.74) is 39.1. The van der Waals surface area contributed by atoms with Crippen molar-refractivity contribution >= 4 is 80.2 Å². The number of rotatable bonds is 23. The fourth-order valence-corrected chi connectivity index (χ4v) is 27.7. The molecular formula is C138H187BrFILi2N4P2. The second-order valence-electron chi connectivity index (χ2n) is 46.7. The predicted molar refractivity (Wildman–Crippen MR) is 669 cm³/mol. The third-order valence-electron chi connectivity index (χ3n) is 29.0. The average molecular weight is 2210 g/mol. The number of benzene rings is 11. The minimum Gasteiger partial charge on any atom is -0.388 e. The fourth-order valence-electron chi connectivity index (χ4n) is 22.2. The molecule has 4 saturated heterocycles. The first-order valence-electron chi connectivity index (χ1n) is 57.0. The minimum absolute atomic E-state index is 0. The van der Waals surface area contributed by atoms with E-state index in [0.717, 1.165) is 38.1 Å². The van der Waals surface area contributed by atoms with Crippen LogP contribution in [0.2, 0.25) is 0 Å². The first-order chi connectivity index (χ1) is 70.5. The van der Waals surface area contributed by atoms with Crippen molar-refractivity contribution < 1.29 is 43.5 Å². The summed E-state index contributed by atoms with van der Waals surface area (Å²) < 4.78 is 19.9.